The van der Waals surface area contributed by atoms with Gasteiger partial charge in [0.25, 0.3) is 11.8 Å². The minimum atomic E-state index is -1.51. The zero-order valence-corrected chi connectivity index (χ0v) is 25.4. The molecular weight excluding hydrogens is 584 g/mol. The van der Waals surface area contributed by atoms with Crippen molar-refractivity contribution in [1.29, 1.82) is 0 Å². The summed E-state index contributed by atoms with van der Waals surface area (Å²) in [7, 11) is 0. The van der Waals surface area contributed by atoms with E-state index >= 15 is 0 Å². The predicted molar refractivity (Wildman–Crippen MR) is 165 cm³/mol. The number of aliphatic imine (C=N–C) groups is 2. The van der Waals surface area contributed by atoms with Gasteiger partial charge in [-0.05, 0) is 37.0 Å². The molecule has 2 aromatic rings. The molecule has 0 bridgehead atoms. The maximum Gasteiger partial charge on any atom is 0.255 e. The number of ether oxygens (including phenoxy) is 1. The summed E-state index contributed by atoms with van der Waals surface area (Å²) in [6.45, 7) is 6.59. The summed E-state index contributed by atoms with van der Waals surface area (Å²) in [6.07, 6.45) is 7.07. The molecule has 0 aliphatic carbocycles. The van der Waals surface area contributed by atoms with Crippen LogP contribution in [0.1, 0.15) is 53.5 Å². The van der Waals surface area contributed by atoms with Gasteiger partial charge in [-0.3, -0.25) is 14.8 Å². The van der Waals surface area contributed by atoms with Crippen LogP contribution in [0.2, 0.25) is 5.02 Å². The molecule has 1 spiro atoms. The Labute approximate surface area is 260 Å². The number of halogens is 1. The number of carbonyl (C=O) groups excluding carboxylic acids is 2. The molecule has 4 aliphatic heterocycles. The first-order valence-corrected chi connectivity index (χ1v) is 14.8. The van der Waals surface area contributed by atoms with Crippen LogP contribution in [0, 0.1) is 17.8 Å². The van der Waals surface area contributed by atoms with Crippen molar-refractivity contribution in [2.45, 2.75) is 56.4 Å². The Morgan fingerprint density at radius 1 is 1.11 bits per heavy atom. The quantitative estimate of drug-likeness (QED) is 0.315. The van der Waals surface area contributed by atoms with Crippen LogP contribution < -0.4 is 26.8 Å². The highest BCUT2D eigenvalue weighted by atomic mass is 35.5. The maximum atomic E-state index is 13.9. The molecule has 0 saturated carbocycles. The van der Waals surface area contributed by atoms with Crippen molar-refractivity contribution in [3.05, 3.63) is 64.2 Å². The second-order valence-electron chi connectivity index (χ2n) is 12.4. The van der Waals surface area contributed by atoms with Crippen molar-refractivity contribution in [3.8, 4) is 18.1 Å². The second-order valence-corrected chi connectivity index (χ2v) is 12.8. The Kier molecular flexibility index (Phi) is 6.94. The summed E-state index contributed by atoms with van der Waals surface area (Å²) in [5, 5.41) is 18.6. The standard InChI is InChI=1S/C31H35ClN8O4/c1-5-30(4)22(37-26(42)18-10-8-11-19-23(18)44-14-13-29(19,2)3)16-39-27(33)36-21(24-31(30,39)40(43)28(34)38-24)15-35-25(41)17-9-6-7-12-20(17)32/h1,6-12,21-22,24,43H,13-16H2,2-4H3,(H2,33,36)(H2,34,38)(H,35,41)(H,37,42)/t21-,22-,24?,30-,31?/m0/s1. The number of amides is 2. The van der Waals surface area contributed by atoms with Gasteiger partial charge in [0.05, 0.1) is 40.3 Å². The van der Waals surface area contributed by atoms with E-state index in [-0.39, 0.29) is 36.3 Å². The molecule has 2 unspecified atom stereocenters. The van der Waals surface area contributed by atoms with E-state index in [1.54, 1.807) is 42.2 Å². The van der Waals surface area contributed by atoms with Crippen molar-refractivity contribution in [1.82, 2.24) is 20.6 Å². The fourth-order valence-electron chi connectivity index (χ4n) is 7.04. The molecule has 230 valence electrons. The molecular formula is C31H35ClN8O4. The van der Waals surface area contributed by atoms with Crippen LogP contribution in [0.5, 0.6) is 5.75 Å². The number of carbonyl (C=O) groups is 2. The van der Waals surface area contributed by atoms with Crippen molar-refractivity contribution >= 4 is 35.3 Å². The molecule has 12 nitrogen and oxygen atoms in total. The van der Waals surface area contributed by atoms with E-state index in [4.69, 9.17) is 34.2 Å². The molecule has 7 N–H and O–H groups in total. The smallest absolute Gasteiger partial charge is 0.255 e. The lowest BCUT2D eigenvalue weighted by Crippen LogP contribution is -2.74. The number of nitrogens with zero attached hydrogens (tertiary/aromatic N) is 4. The SMILES string of the molecule is C#C[C@@]1(C)[C@@H](NC(=O)c2cccc3c2OCCC3(C)C)CN2C(N)=N[C@@H](CNC(=O)c3ccccc3Cl)C3N=C(N)N(O)C321. The average molecular weight is 619 g/mol. The van der Waals surface area contributed by atoms with Gasteiger partial charge in [-0.2, -0.15) is 5.06 Å². The number of nitrogens with one attached hydrogen (secondary N) is 2. The molecule has 5 atom stereocenters. The number of hydroxylamine groups is 2. The van der Waals surface area contributed by atoms with Gasteiger partial charge in [-0.25, -0.2) is 9.98 Å². The number of fused-ring (bicyclic) bond motifs is 1. The van der Waals surface area contributed by atoms with Gasteiger partial charge in [0.2, 0.25) is 5.96 Å². The fourth-order valence-corrected chi connectivity index (χ4v) is 7.26. The Hall–Kier alpha value is -4.47. The summed E-state index contributed by atoms with van der Waals surface area (Å²) in [5.74, 6) is 2.46. The van der Waals surface area contributed by atoms with Crippen molar-refractivity contribution in [2.24, 2.45) is 26.9 Å². The lowest BCUT2D eigenvalue weighted by Gasteiger charge is -2.52. The van der Waals surface area contributed by atoms with Gasteiger partial charge in [-0.1, -0.05) is 55.6 Å². The molecule has 0 aromatic heterocycles. The zero-order valence-electron chi connectivity index (χ0n) is 24.7. The second kappa shape index (κ2) is 10.3. The first-order valence-electron chi connectivity index (χ1n) is 14.4. The van der Waals surface area contributed by atoms with Gasteiger partial charge in [0, 0.05) is 18.7 Å². The van der Waals surface area contributed by atoms with E-state index in [2.05, 4.69) is 40.4 Å². The molecule has 44 heavy (non-hydrogen) atoms. The molecule has 1 saturated heterocycles. The van der Waals surface area contributed by atoms with Crippen molar-refractivity contribution in [3.63, 3.8) is 0 Å². The zero-order chi connectivity index (χ0) is 31.6. The Morgan fingerprint density at radius 3 is 2.57 bits per heavy atom. The monoisotopic (exact) mass is 618 g/mol. The number of benzene rings is 2. The first-order chi connectivity index (χ1) is 20.9. The summed E-state index contributed by atoms with van der Waals surface area (Å²) in [6, 6.07) is 9.85. The fraction of sp³-hybridized carbons (Fsp3) is 0.419. The largest absolute Gasteiger partial charge is 0.492 e. The van der Waals surface area contributed by atoms with E-state index < -0.39 is 35.1 Å². The highest BCUT2D eigenvalue weighted by molar-refractivity contribution is 6.33. The molecule has 2 aromatic carbocycles. The van der Waals surface area contributed by atoms with Gasteiger partial charge >= 0.3 is 0 Å². The third-order valence-corrected chi connectivity index (χ3v) is 9.89. The number of hydrogen-bond donors (Lipinski definition) is 5. The summed E-state index contributed by atoms with van der Waals surface area (Å²) in [5.41, 5.74) is 11.4. The van der Waals surface area contributed by atoms with Gasteiger partial charge in [-0.15, -0.1) is 6.42 Å². The number of para-hydroxylation sites is 1. The van der Waals surface area contributed by atoms with Crippen LogP contribution in [0.4, 0.5) is 0 Å². The van der Waals surface area contributed by atoms with Crippen LogP contribution in [-0.2, 0) is 5.41 Å². The summed E-state index contributed by atoms with van der Waals surface area (Å²) in [4.78, 5) is 37.7. The normalized spacial score (nSPS) is 29.7. The Balaban J connectivity index is 1.32. The molecule has 4 aliphatic rings. The molecule has 4 heterocycles. The topological polar surface area (TPSA) is 171 Å². The third-order valence-electron chi connectivity index (χ3n) is 9.56. The van der Waals surface area contributed by atoms with Crippen LogP contribution in [0.25, 0.3) is 0 Å². The Bertz CT molecular complexity index is 1650. The number of nitrogens with two attached hydrogens (primary N) is 2. The van der Waals surface area contributed by atoms with Gasteiger partial charge in [0.1, 0.15) is 11.8 Å². The maximum absolute atomic E-state index is 13.9. The Morgan fingerprint density at radius 2 is 1.84 bits per heavy atom. The summed E-state index contributed by atoms with van der Waals surface area (Å²) >= 11 is 6.22. The molecule has 0 radical (unpaired) electrons. The number of rotatable bonds is 5. The van der Waals surface area contributed by atoms with E-state index in [1.165, 1.54) is 0 Å². The van der Waals surface area contributed by atoms with E-state index in [0.717, 1.165) is 17.0 Å². The molecule has 1 fully saturated rings. The number of hydrogen-bond acceptors (Lipinski definition) is 10. The van der Waals surface area contributed by atoms with Gasteiger partial charge < -0.3 is 31.7 Å². The van der Waals surface area contributed by atoms with E-state index in [0.29, 0.717) is 28.5 Å². The highest BCUT2D eigenvalue weighted by Gasteiger charge is 2.74. The third kappa shape index (κ3) is 4.10. The first kappa shape index (κ1) is 29.6. The molecule has 2 amide bonds. The predicted octanol–water partition coefficient (Wildman–Crippen LogP) is 1.66. The van der Waals surface area contributed by atoms with Crippen LogP contribution in [0.15, 0.2) is 52.4 Å². The minimum Gasteiger partial charge on any atom is -0.492 e. The molecule has 6 rings (SSSR count). The van der Waals surface area contributed by atoms with Crippen LogP contribution >= 0.6 is 11.6 Å². The summed E-state index contributed by atoms with van der Waals surface area (Å²) < 4.78 is 5.99. The number of terminal acetylenes is 1. The number of guanidine groups is 2. The van der Waals surface area contributed by atoms with Gasteiger partial charge in [0.15, 0.2) is 11.6 Å². The van der Waals surface area contributed by atoms with Crippen molar-refractivity contribution < 1.29 is 19.5 Å². The van der Waals surface area contributed by atoms with E-state index in [1.807, 2.05) is 12.1 Å². The lowest BCUT2D eigenvalue weighted by molar-refractivity contribution is -0.180. The highest BCUT2D eigenvalue weighted by Crippen LogP contribution is 2.54. The van der Waals surface area contributed by atoms with E-state index in [9.17, 15) is 14.8 Å². The average Bonchev–Trinajstić information content (AvgIpc) is 3.42. The van der Waals surface area contributed by atoms with Crippen LogP contribution in [0.3, 0.4) is 0 Å². The lowest BCUT2D eigenvalue weighted by atomic mass is 9.69. The van der Waals surface area contributed by atoms with Crippen molar-refractivity contribution in [2.75, 3.05) is 19.7 Å². The minimum absolute atomic E-state index is 0.00339. The molecule has 13 heteroatoms. The van der Waals surface area contributed by atoms with Crippen LogP contribution in [-0.4, -0.2) is 82.4 Å².